The van der Waals surface area contributed by atoms with E-state index in [0.717, 1.165) is 25.9 Å². The van der Waals surface area contributed by atoms with Crippen LogP contribution in [0.5, 0.6) is 0 Å². The Bertz CT molecular complexity index is 529. The quantitative estimate of drug-likeness (QED) is 0.826. The van der Waals surface area contributed by atoms with Crippen LogP contribution in [0.25, 0.3) is 0 Å². The summed E-state index contributed by atoms with van der Waals surface area (Å²) in [5.74, 6) is -2.07. The Morgan fingerprint density at radius 1 is 1.52 bits per heavy atom. The molecule has 0 spiro atoms. The highest BCUT2D eigenvalue weighted by molar-refractivity contribution is 6.31. The summed E-state index contributed by atoms with van der Waals surface area (Å²) >= 11 is 5.93. The van der Waals surface area contributed by atoms with Crippen LogP contribution >= 0.6 is 11.6 Å². The van der Waals surface area contributed by atoms with Crippen molar-refractivity contribution in [3.8, 4) is 6.07 Å². The number of carbonyl (C=O) groups excluding carboxylic acids is 1. The summed E-state index contributed by atoms with van der Waals surface area (Å²) in [6, 6.07) is 6.03. The Hall–Kier alpha value is -1.44. The van der Waals surface area contributed by atoms with Crippen molar-refractivity contribution in [1.82, 2.24) is 0 Å². The summed E-state index contributed by atoms with van der Waals surface area (Å²) in [6.07, 6.45) is 3.93. The van der Waals surface area contributed by atoms with Crippen molar-refractivity contribution in [2.75, 3.05) is 6.61 Å². The van der Waals surface area contributed by atoms with Crippen LogP contribution < -0.4 is 0 Å². The van der Waals surface area contributed by atoms with Gasteiger partial charge in [-0.3, -0.25) is 4.79 Å². The van der Waals surface area contributed by atoms with Gasteiger partial charge in [0.25, 0.3) is 0 Å². The van der Waals surface area contributed by atoms with Crippen LogP contribution in [0.3, 0.4) is 0 Å². The lowest BCUT2D eigenvalue weighted by Crippen LogP contribution is -2.21. The van der Waals surface area contributed by atoms with Gasteiger partial charge in [-0.15, -0.1) is 0 Å². The number of nitrogens with zero attached hydrogens (tertiary/aromatic N) is 1. The molecular weight excluding hydrogens is 293 g/mol. The fourth-order valence-electron chi connectivity index (χ4n) is 2.57. The molecule has 1 fully saturated rings. The van der Waals surface area contributed by atoms with Crippen LogP contribution in [0, 0.1) is 17.1 Å². The molecule has 0 N–H and O–H groups in total. The van der Waals surface area contributed by atoms with Gasteiger partial charge in [0.15, 0.2) is 5.78 Å². The molecule has 2 atom stereocenters. The van der Waals surface area contributed by atoms with Crippen molar-refractivity contribution in [2.24, 2.45) is 0 Å². The number of Topliss-reactive ketones (excluding diaryl/α,β-unsaturated/α-hetero) is 1. The average molecular weight is 310 g/mol. The smallest absolute Gasteiger partial charge is 0.154 e. The van der Waals surface area contributed by atoms with Gasteiger partial charge in [0, 0.05) is 23.6 Å². The Kier molecular flexibility index (Phi) is 5.72. The molecule has 1 saturated heterocycles. The maximum absolute atomic E-state index is 13.8. The minimum atomic E-state index is -1.15. The van der Waals surface area contributed by atoms with Crippen LogP contribution in [0.4, 0.5) is 4.39 Å². The number of hydrogen-bond acceptors (Lipinski definition) is 3. The predicted molar refractivity (Wildman–Crippen MR) is 77.6 cm³/mol. The molecule has 2 unspecified atom stereocenters. The predicted octanol–water partition coefficient (Wildman–Crippen LogP) is 4.00. The number of carbonyl (C=O) groups is 1. The van der Waals surface area contributed by atoms with Crippen LogP contribution in [-0.2, 0) is 9.53 Å². The van der Waals surface area contributed by atoms with Crippen molar-refractivity contribution in [3.05, 3.63) is 34.6 Å². The zero-order valence-corrected chi connectivity index (χ0v) is 12.4. The van der Waals surface area contributed by atoms with Gasteiger partial charge in [-0.25, -0.2) is 4.39 Å². The molecule has 1 aliphatic rings. The zero-order valence-electron chi connectivity index (χ0n) is 11.6. The third-order valence-corrected chi connectivity index (χ3v) is 4.06. The van der Waals surface area contributed by atoms with Gasteiger partial charge in [0.1, 0.15) is 11.7 Å². The van der Waals surface area contributed by atoms with Gasteiger partial charge in [-0.2, -0.15) is 5.26 Å². The third kappa shape index (κ3) is 4.03. The number of ether oxygens (including phenoxy) is 1. The first-order valence-electron chi connectivity index (χ1n) is 7.11. The van der Waals surface area contributed by atoms with E-state index >= 15 is 0 Å². The average Bonchev–Trinajstić information content (AvgIpc) is 2.50. The summed E-state index contributed by atoms with van der Waals surface area (Å²) < 4.78 is 19.4. The lowest BCUT2D eigenvalue weighted by Gasteiger charge is -2.22. The summed E-state index contributed by atoms with van der Waals surface area (Å²) in [5.41, 5.74) is -0.0174. The Morgan fingerprint density at radius 2 is 2.33 bits per heavy atom. The molecule has 5 heteroatoms. The maximum Gasteiger partial charge on any atom is 0.154 e. The number of nitriles is 1. The van der Waals surface area contributed by atoms with Gasteiger partial charge in [-0.05, 0) is 37.8 Å². The molecule has 0 aliphatic carbocycles. The summed E-state index contributed by atoms with van der Waals surface area (Å²) in [6.45, 7) is 0.722. The van der Waals surface area contributed by atoms with Crippen LogP contribution in [-0.4, -0.2) is 18.5 Å². The van der Waals surface area contributed by atoms with E-state index in [0.29, 0.717) is 6.42 Å². The summed E-state index contributed by atoms with van der Waals surface area (Å²) in [4.78, 5) is 12.2. The van der Waals surface area contributed by atoms with Crippen LogP contribution in [0.15, 0.2) is 18.2 Å². The number of benzene rings is 1. The highest BCUT2D eigenvalue weighted by Gasteiger charge is 2.26. The lowest BCUT2D eigenvalue weighted by molar-refractivity contribution is -0.120. The van der Waals surface area contributed by atoms with E-state index in [1.165, 1.54) is 18.2 Å². The first kappa shape index (κ1) is 15.9. The third-order valence-electron chi connectivity index (χ3n) is 3.73. The van der Waals surface area contributed by atoms with Crippen molar-refractivity contribution in [3.63, 3.8) is 0 Å². The van der Waals surface area contributed by atoms with E-state index in [2.05, 4.69) is 0 Å². The molecule has 2 rings (SSSR count). The molecule has 1 aromatic carbocycles. The van der Waals surface area contributed by atoms with E-state index in [1.807, 2.05) is 6.07 Å². The minimum absolute atomic E-state index is 0.0174. The standard InChI is InChI=1S/C16H17ClFNO2/c17-13-5-3-6-14(18)16(13)12(10-19)15(20)8-7-11-4-1-2-9-21-11/h3,5-6,11-12H,1-2,4,7-9H2. The normalized spacial score (nSPS) is 19.8. The molecule has 21 heavy (non-hydrogen) atoms. The van der Waals surface area contributed by atoms with Gasteiger partial charge in [0.05, 0.1) is 12.2 Å². The van der Waals surface area contributed by atoms with Gasteiger partial charge < -0.3 is 4.74 Å². The first-order valence-corrected chi connectivity index (χ1v) is 7.49. The topological polar surface area (TPSA) is 50.1 Å². The van der Waals surface area contributed by atoms with E-state index in [4.69, 9.17) is 16.3 Å². The molecule has 1 aromatic rings. The number of hydrogen-bond donors (Lipinski definition) is 0. The number of rotatable bonds is 5. The number of halogens is 2. The molecule has 3 nitrogen and oxygen atoms in total. The van der Waals surface area contributed by atoms with Gasteiger partial charge in [-0.1, -0.05) is 17.7 Å². The lowest BCUT2D eigenvalue weighted by atomic mass is 9.91. The van der Waals surface area contributed by atoms with Gasteiger partial charge in [0.2, 0.25) is 0 Å². The Morgan fingerprint density at radius 3 is 2.95 bits per heavy atom. The van der Waals surface area contributed by atoms with E-state index < -0.39 is 11.7 Å². The maximum atomic E-state index is 13.8. The number of ketones is 1. The fraction of sp³-hybridized carbons (Fsp3) is 0.500. The first-order chi connectivity index (χ1) is 10.1. The van der Waals surface area contributed by atoms with Crippen molar-refractivity contribution < 1.29 is 13.9 Å². The van der Waals surface area contributed by atoms with E-state index in [-0.39, 0.29) is 28.9 Å². The summed E-state index contributed by atoms with van der Waals surface area (Å²) in [7, 11) is 0. The SMILES string of the molecule is N#CC(C(=O)CCC1CCCCO1)c1c(F)cccc1Cl. The second-order valence-electron chi connectivity index (χ2n) is 5.19. The van der Waals surface area contributed by atoms with Crippen molar-refractivity contribution in [2.45, 2.75) is 44.1 Å². The minimum Gasteiger partial charge on any atom is -0.378 e. The second-order valence-corrected chi connectivity index (χ2v) is 5.60. The van der Waals surface area contributed by atoms with Crippen molar-refractivity contribution in [1.29, 1.82) is 5.26 Å². The molecule has 0 radical (unpaired) electrons. The fourth-order valence-corrected chi connectivity index (χ4v) is 2.84. The monoisotopic (exact) mass is 309 g/mol. The molecule has 0 amide bonds. The molecule has 0 aromatic heterocycles. The molecule has 1 heterocycles. The van der Waals surface area contributed by atoms with Gasteiger partial charge >= 0.3 is 0 Å². The van der Waals surface area contributed by atoms with Crippen molar-refractivity contribution >= 4 is 17.4 Å². The molecule has 112 valence electrons. The Labute approximate surface area is 128 Å². The Balaban J connectivity index is 2.03. The molecule has 1 aliphatic heterocycles. The highest BCUT2D eigenvalue weighted by atomic mass is 35.5. The molecular formula is C16H17ClFNO2. The zero-order chi connectivity index (χ0) is 15.2. The second kappa shape index (κ2) is 7.53. The largest absolute Gasteiger partial charge is 0.378 e. The van der Waals surface area contributed by atoms with Crippen LogP contribution in [0.2, 0.25) is 5.02 Å². The van der Waals surface area contributed by atoms with E-state index in [1.54, 1.807) is 0 Å². The van der Waals surface area contributed by atoms with Crippen LogP contribution in [0.1, 0.15) is 43.6 Å². The van der Waals surface area contributed by atoms with E-state index in [9.17, 15) is 14.4 Å². The molecule has 0 bridgehead atoms. The molecule has 0 saturated carbocycles. The summed E-state index contributed by atoms with van der Waals surface area (Å²) in [5, 5.41) is 9.32. The highest BCUT2D eigenvalue weighted by Crippen LogP contribution is 2.29.